The van der Waals surface area contributed by atoms with Crippen molar-refractivity contribution in [2.75, 3.05) is 0 Å². The highest BCUT2D eigenvalue weighted by Crippen LogP contribution is 2.14. The Labute approximate surface area is 62.2 Å². The van der Waals surface area contributed by atoms with Gasteiger partial charge in [0.05, 0.1) is 0 Å². The summed E-state index contributed by atoms with van der Waals surface area (Å²) in [7, 11) is 0. The lowest BCUT2D eigenvalue weighted by Crippen LogP contribution is -2.06. The van der Waals surface area contributed by atoms with Gasteiger partial charge in [0.15, 0.2) is 0 Å². The molecule has 0 aromatic carbocycles. The Balaban J connectivity index is 3.49. The number of aliphatic carboxylic acids is 1. The van der Waals surface area contributed by atoms with E-state index in [-0.39, 0.29) is 0 Å². The quantitative estimate of drug-likeness (QED) is 0.640. The highest BCUT2D eigenvalue weighted by molar-refractivity contribution is 5.66. The second-order valence-electron chi connectivity index (χ2n) is 2.51. The number of hydrogen-bond acceptors (Lipinski definition) is 1. The molecule has 0 amide bonds. The number of carboxylic acid groups (broad SMARTS) is 1. The molecule has 1 radical (unpaired) electrons. The molecular weight excluding hydrogens is 128 g/mol. The Morgan fingerprint density at radius 2 is 2.30 bits per heavy atom. The number of carboxylic acids is 1. The predicted molar refractivity (Wildman–Crippen MR) is 40.6 cm³/mol. The SMILES string of the molecule is [CH2]CCC(CC)CC(=O)O. The van der Waals surface area contributed by atoms with Crippen molar-refractivity contribution in [3.05, 3.63) is 6.92 Å². The van der Waals surface area contributed by atoms with E-state index >= 15 is 0 Å². The lowest BCUT2D eigenvalue weighted by atomic mass is 9.97. The fraction of sp³-hybridized carbons (Fsp3) is 0.750. The minimum atomic E-state index is -0.694. The van der Waals surface area contributed by atoms with Gasteiger partial charge < -0.3 is 5.11 Å². The summed E-state index contributed by atoms with van der Waals surface area (Å²) < 4.78 is 0. The summed E-state index contributed by atoms with van der Waals surface area (Å²) in [4.78, 5) is 10.2. The van der Waals surface area contributed by atoms with Gasteiger partial charge in [-0.1, -0.05) is 26.7 Å². The molecule has 0 saturated carbocycles. The van der Waals surface area contributed by atoms with Crippen molar-refractivity contribution >= 4 is 5.97 Å². The maximum Gasteiger partial charge on any atom is 0.303 e. The van der Waals surface area contributed by atoms with Gasteiger partial charge in [-0.3, -0.25) is 4.79 Å². The molecule has 0 fully saturated rings. The number of carbonyl (C=O) groups is 1. The van der Waals surface area contributed by atoms with E-state index in [0.29, 0.717) is 12.3 Å². The molecule has 0 aromatic heterocycles. The lowest BCUT2D eigenvalue weighted by molar-refractivity contribution is -0.138. The third-order valence-corrected chi connectivity index (χ3v) is 1.65. The maximum atomic E-state index is 10.2. The fourth-order valence-corrected chi connectivity index (χ4v) is 0.986. The minimum absolute atomic E-state index is 0.298. The second kappa shape index (κ2) is 5.27. The van der Waals surface area contributed by atoms with Gasteiger partial charge in [0.25, 0.3) is 0 Å². The Kier molecular flexibility index (Phi) is 4.99. The summed E-state index contributed by atoms with van der Waals surface area (Å²) in [5.74, 6) is -0.365. The molecule has 0 aromatic rings. The molecule has 2 nitrogen and oxygen atoms in total. The Bertz CT molecular complexity index is 99.4. The molecule has 2 heteroatoms. The largest absolute Gasteiger partial charge is 0.481 e. The van der Waals surface area contributed by atoms with E-state index in [4.69, 9.17) is 5.11 Å². The molecule has 0 saturated heterocycles. The summed E-state index contributed by atoms with van der Waals surface area (Å²) in [6.45, 7) is 5.70. The van der Waals surface area contributed by atoms with Crippen molar-refractivity contribution in [3.63, 3.8) is 0 Å². The standard InChI is InChI=1S/C8H15O2/c1-3-5-7(4-2)6-8(9)10/h7H,1,3-6H2,2H3,(H,9,10). The van der Waals surface area contributed by atoms with Gasteiger partial charge in [0, 0.05) is 6.42 Å². The molecule has 0 bridgehead atoms. The molecular formula is C8H15O2. The fourth-order valence-electron chi connectivity index (χ4n) is 0.986. The highest BCUT2D eigenvalue weighted by Gasteiger charge is 2.08. The summed E-state index contributed by atoms with van der Waals surface area (Å²) >= 11 is 0. The van der Waals surface area contributed by atoms with Gasteiger partial charge >= 0.3 is 5.97 Å². The van der Waals surface area contributed by atoms with E-state index in [9.17, 15) is 4.79 Å². The van der Waals surface area contributed by atoms with Gasteiger partial charge in [-0.25, -0.2) is 0 Å². The van der Waals surface area contributed by atoms with Gasteiger partial charge in [-0.05, 0) is 12.3 Å². The van der Waals surface area contributed by atoms with Crippen molar-refractivity contribution < 1.29 is 9.90 Å². The highest BCUT2D eigenvalue weighted by atomic mass is 16.4. The van der Waals surface area contributed by atoms with E-state index in [0.717, 1.165) is 19.3 Å². The molecule has 0 rings (SSSR count). The third kappa shape index (κ3) is 4.36. The molecule has 0 heterocycles. The van der Waals surface area contributed by atoms with Crippen LogP contribution in [0.2, 0.25) is 0 Å². The summed E-state index contributed by atoms with van der Waals surface area (Å²) in [5.41, 5.74) is 0. The first-order valence-electron chi connectivity index (χ1n) is 3.71. The molecule has 0 aliphatic carbocycles. The van der Waals surface area contributed by atoms with Crippen molar-refractivity contribution in [3.8, 4) is 0 Å². The van der Waals surface area contributed by atoms with Gasteiger partial charge in [0.2, 0.25) is 0 Å². The third-order valence-electron chi connectivity index (χ3n) is 1.65. The van der Waals surface area contributed by atoms with Crippen LogP contribution >= 0.6 is 0 Å². The van der Waals surface area contributed by atoms with Crippen molar-refractivity contribution in [1.29, 1.82) is 0 Å². The van der Waals surface area contributed by atoms with Crippen LogP contribution in [0.4, 0.5) is 0 Å². The van der Waals surface area contributed by atoms with E-state index < -0.39 is 5.97 Å². The zero-order valence-corrected chi connectivity index (χ0v) is 6.47. The molecule has 0 spiro atoms. The van der Waals surface area contributed by atoms with Crippen LogP contribution in [0.5, 0.6) is 0 Å². The summed E-state index contributed by atoms with van der Waals surface area (Å²) in [6, 6.07) is 0. The smallest absolute Gasteiger partial charge is 0.303 e. The molecule has 1 atom stereocenters. The monoisotopic (exact) mass is 143 g/mol. The van der Waals surface area contributed by atoms with Crippen LogP contribution in [0.15, 0.2) is 0 Å². The second-order valence-corrected chi connectivity index (χ2v) is 2.51. The van der Waals surface area contributed by atoms with E-state index in [2.05, 4.69) is 6.92 Å². The van der Waals surface area contributed by atoms with Gasteiger partial charge in [0.1, 0.15) is 0 Å². The van der Waals surface area contributed by atoms with E-state index in [1.165, 1.54) is 0 Å². The molecule has 1 unspecified atom stereocenters. The van der Waals surface area contributed by atoms with Crippen molar-refractivity contribution in [2.45, 2.75) is 32.6 Å². The van der Waals surface area contributed by atoms with Crippen LogP contribution in [0.25, 0.3) is 0 Å². The summed E-state index contributed by atoms with van der Waals surface area (Å²) in [5, 5.41) is 8.42. The minimum Gasteiger partial charge on any atom is -0.481 e. The zero-order chi connectivity index (χ0) is 7.98. The predicted octanol–water partition coefficient (Wildman–Crippen LogP) is 2.10. The van der Waals surface area contributed by atoms with Gasteiger partial charge in [-0.2, -0.15) is 0 Å². The topological polar surface area (TPSA) is 37.3 Å². The lowest BCUT2D eigenvalue weighted by Gasteiger charge is -2.08. The van der Waals surface area contributed by atoms with E-state index in [1.54, 1.807) is 0 Å². The summed E-state index contributed by atoms with van der Waals surface area (Å²) in [6.07, 6.45) is 3.02. The average molecular weight is 143 g/mol. The van der Waals surface area contributed by atoms with E-state index in [1.807, 2.05) is 6.92 Å². The first kappa shape index (κ1) is 9.47. The maximum absolute atomic E-state index is 10.2. The van der Waals surface area contributed by atoms with Crippen LogP contribution in [-0.4, -0.2) is 11.1 Å². The molecule has 59 valence electrons. The zero-order valence-electron chi connectivity index (χ0n) is 6.47. The molecule has 0 aliphatic rings. The first-order valence-corrected chi connectivity index (χ1v) is 3.71. The van der Waals surface area contributed by atoms with Crippen LogP contribution in [0.1, 0.15) is 32.6 Å². The van der Waals surface area contributed by atoms with Crippen LogP contribution < -0.4 is 0 Å². The normalized spacial score (nSPS) is 13.0. The van der Waals surface area contributed by atoms with Crippen molar-refractivity contribution in [2.24, 2.45) is 5.92 Å². The Morgan fingerprint density at radius 1 is 1.70 bits per heavy atom. The van der Waals surface area contributed by atoms with Crippen LogP contribution in [0, 0.1) is 12.8 Å². The molecule has 1 N–H and O–H groups in total. The van der Waals surface area contributed by atoms with Gasteiger partial charge in [-0.15, -0.1) is 0 Å². The van der Waals surface area contributed by atoms with Crippen LogP contribution in [0.3, 0.4) is 0 Å². The first-order chi connectivity index (χ1) is 4.70. The Hall–Kier alpha value is -0.530. The molecule has 0 aliphatic heterocycles. The number of hydrogen-bond donors (Lipinski definition) is 1. The average Bonchev–Trinajstić information content (AvgIpc) is 1.86. The molecule has 10 heavy (non-hydrogen) atoms. The van der Waals surface area contributed by atoms with Crippen molar-refractivity contribution in [1.82, 2.24) is 0 Å². The van der Waals surface area contributed by atoms with Crippen LogP contribution in [-0.2, 0) is 4.79 Å². The Morgan fingerprint density at radius 3 is 2.60 bits per heavy atom. The number of rotatable bonds is 5.